The smallest absolute Gasteiger partial charge is 0.349 e. The number of aromatic amines is 1. The number of pyridine rings is 1. The number of carbonyl (C=O) groups excluding carboxylic acids is 1. The van der Waals surface area contributed by atoms with Crippen LogP contribution in [-0.2, 0) is 34.6 Å². The second-order valence-corrected chi connectivity index (χ2v) is 16.4. The SMILES string of the molecule is O=C(OC1C2CC1CN(CCCn1c(=O)sc3cc(CNCCc4ccc(O)c5[nH]c(=O)ccc45)ccc31)C2)C(O)(c1cccs1)c1cccs1. The molecular weight excluding hydrogens is 705 g/mol. The summed E-state index contributed by atoms with van der Waals surface area (Å²) in [7, 11) is 0. The molecule has 6 heterocycles. The molecule has 51 heavy (non-hydrogen) atoms. The summed E-state index contributed by atoms with van der Waals surface area (Å²) in [5.41, 5.74) is 1.52. The molecule has 4 N–H and O–H groups in total. The number of esters is 1. The number of nitrogens with one attached hydrogen (secondary N) is 2. The molecule has 2 saturated heterocycles. The van der Waals surface area contributed by atoms with Gasteiger partial charge in [-0.25, -0.2) is 4.79 Å². The lowest BCUT2D eigenvalue weighted by molar-refractivity contribution is -0.193. The number of phenols is 1. The Balaban J connectivity index is 0.824. The van der Waals surface area contributed by atoms with Crippen LogP contribution in [0.4, 0.5) is 0 Å². The van der Waals surface area contributed by atoms with E-state index in [0.29, 0.717) is 34.9 Å². The van der Waals surface area contributed by atoms with E-state index >= 15 is 0 Å². The number of fused-ring (bicyclic) bond motifs is 4. The number of aromatic nitrogens is 2. The zero-order valence-electron chi connectivity index (χ0n) is 27.7. The summed E-state index contributed by atoms with van der Waals surface area (Å²) in [4.78, 5) is 44.5. The molecule has 2 bridgehead atoms. The van der Waals surface area contributed by atoms with E-state index in [9.17, 15) is 24.6 Å². The molecule has 2 unspecified atom stereocenters. The van der Waals surface area contributed by atoms with Crippen LogP contribution in [0.3, 0.4) is 0 Å². The number of aliphatic hydroxyl groups is 1. The van der Waals surface area contributed by atoms with Gasteiger partial charge in [0.1, 0.15) is 11.9 Å². The van der Waals surface area contributed by atoms with Gasteiger partial charge in [-0.1, -0.05) is 35.6 Å². The van der Waals surface area contributed by atoms with Crippen molar-refractivity contribution in [2.75, 3.05) is 26.2 Å². The quantitative estimate of drug-likeness (QED) is 0.0931. The van der Waals surface area contributed by atoms with Gasteiger partial charge in [-0.15, -0.1) is 22.7 Å². The third-order valence-corrected chi connectivity index (χ3v) is 13.2. The topological polar surface area (TPSA) is 137 Å². The van der Waals surface area contributed by atoms with Crippen molar-refractivity contribution in [2.45, 2.75) is 44.1 Å². The monoisotopic (exact) mass is 742 g/mol. The number of benzene rings is 2. The van der Waals surface area contributed by atoms with E-state index in [0.717, 1.165) is 65.6 Å². The fourth-order valence-electron chi connectivity index (χ4n) is 7.67. The summed E-state index contributed by atoms with van der Waals surface area (Å²) in [6, 6.07) is 20.1. The third-order valence-electron chi connectivity index (χ3n) is 10.3. The fourth-order valence-corrected chi connectivity index (χ4v) is 10.4. The number of phenolic OH excluding ortho intramolecular Hbond substituents is 1. The van der Waals surface area contributed by atoms with Crippen molar-refractivity contribution in [2.24, 2.45) is 11.8 Å². The second-order valence-electron chi connectivity index (χ2n) is 13.5. The summed E-state index contributed by atoms with van der Waals surface area (Å²) in [6.45, 7) is 4.54. The number of nitrogens with zero attached hydrogens (tertiary/aromatic N) is 2. The zero-order valence-corrected chi connectivity index (χ0v) is 30.2. The van der Waals surface area contributed by atoms with Crippen molar-refractivity contribution in [1.29, 1.82) is 0 Å². The minimum Gasteiger partial charge on any atom is -0.506 e. The summed E-state index contributed by atoms with van der Waals surface area (Å²) < 4.78 is 8.91. The Morgan fingerprint density at radius 3 is 2.47 bits per heavy atom. The Morgan fingerprint density at radius 2 is 1.75 bits per heavy atom. The van der Waals surface area contributed by atoms with Crippen LogP contribution in [0.5, 0.6) is 5.75 Å². The Labute approximate surface area is 305 Å². The predicted octanol–water partition coefficient (Wildman–Crippen LogP) is 5.26. The number of thiophene rings is 2. The van der Waals surface area contributed by atoms with Crippen LogP contribution in [-0.4, -0.2) is 62.9 Å². The summed E-state index contributed by atoms with van der Waals surface area (Å²) >= 11 is 3.98. The normalized spacial score (nSPS) is 19.0. The highest BCUT2D eigenvalue weighted by Crippen LogP contribution is 2.45. The summed E-state index contributed by atoms with van der Waals surface area (Å²) in [5, 5.41) is 29.8. The van der Waals surface area contributed by atoms with E-state index < -0.39 is 11.6 Å². The van der Waals surface area contributed by atoms with E-state index in [1.807, 2.05) is 39.6 Å². The predicted molar refractivity (Wildman–Crippen MR) is 202 cm³/mol. The Morgan fingerprint density at radius 1 is 0.980 bits per heavy atom. The van der Waals surface area contributed by atoms with Crippen molar-refractivity contribution in [3.63, 3.8) is 0 Å². The lowest BCUT2D eigenvalue weighted by Crippen LogP contribution is -2.60. The number of ether oxygens (including phenoxy) is 1. The van der Waals surface area contributed by atoms with Crippen LogP contribution in [0.15, 0.2) is 87.1 Å². The van der Waals surface area contributed by atoms with Crippen LogP contribution in [0, 0.1) is 11.8 Å². The first-order chi connectivity index (χ1) is 24.8. The lowest BCUT2D eigenvalue weighted by atomic mass is 9.68. The molecule has 13 heteroatoms. The van der Waals surface area contributed by atoms with Crippen LogP contribution >= 0.6 is 34.0 Å². The number of hydrogen-bond acceptors (Lipinski definition) is 11. The van der Waals surface area contributed by atoms with Gasteiger partial charge in [0, 0.05) is 49.5 Å². The Kier molecular flexibility index (Phi) is 9.42. The van der Waals surface area contributed by atoms with Crippen LogP contribution in [0.25, 0.3) is 21.1 Å². The van der Waals surface area contributed by atoms with Crippen molar-refractivity contribution in [1.82, 2.24) is 19.8 Å². The van der Waals surface area contributed by atoms with Crippen LogP contribution < -0.4 is 15.7 Å². The lowest BCUT2D eigenvalue weighted by Gasteiger charge is -2.53. The Bertz CT molecular complexity index is 2250. The third kappa shape index (κ3) is 6.58. The maximum atomic E-state index is 13.5. The van der Waals surface area contributed by atoms with Gasteiger partial charge < -0.3 is 30.2 Å². The van der Waals surface area contributed by atoms with Gasteiger partial charge in [0.25, 0.3) is 0 Å². The van der Waals surface area contributed by atoms with Gasteiger partial charge in [-0.3, -0.25) is 14.2 Å². The number of hydrogen-bond donors (Lipinski definition) is 4. The number of H-pyrrole nitrogens is 1. The molecule has 2 aliphatic heterocycles. The molecule has 10 nitrogen and oxygen atoms in total. The largest absolute Gasteiger partial charge is 0.506 e. The maximum Gasteiger partial charge on any atom is 0.349 e. The molecule has 264 valence electrons. The molecular formula is C38H38N4O6S3. The van der Waals surface area contributed by atoms with Gasteiger partial charge in [0.15, 0.2) is 0 Å². The minimum absolute atomic E-state index is 0.0461. The van der Waals surface area contributed by atoms with E-state index in [2.05, 4.69) is 27.3 Å². The highest BCUT2D eigenvalue weighted by atomic mass is 32.1. The average Bonchev–Trinajstić information content (AvgIpc) is 3.93. The molecule has 0 amide bonds. The molecule has 0 radical (unpaired) electrons. The molecule has 3 fully saturated rings. The van der Waals surface area contributed by atoms with Crippen molar-refractivity contribution < 1.29 is 19.7 Å². The first kappa shape index (κ1) is 34.0. The second kappa shape index (κ2) is 14.1. The van der Waals surface area contributed by atoms with Gasteiger partial charge in [-0.05, 0) is 90.6 Å². The molecule has 9 rings (SSSR count). The van der Waals surface area contributed by atoms with Gasteiger partial charge in [-0.2, -0.15) is 0 Å². The maximum absolute atomic E-state index is 13.5. The summed E-state index contributed by atoms with van der Waals surface area (Å²) in [5.74, 6) is -0.0475. The van der Waals surface area contributed by atoms with E-state index in [4.69, 9.17) is 4.74 Å². The first-order valence-corrected chi connectivity index (χ1v) is 19.8. The van der Waals surface area contributed by atoms with Crippen molar-refractivity contribution in [3.05, 3.63) is 118 Å². The van der Waals surface area contributed by atoms with Crippen LogP contribution in [0.1, 0.15) is 33.7 Å². The van der Waals surface area contributed by atoms with Gasteiger partial charge >= 0.3 is 10.8 Å². The Hall–Kier alpha value is -4.11. The highest BCUT2D eigenvalue weighted by molar-refractivity contribution is 7.16. The molecule has 2 atom stereocenters. The number of carbonyl (C=O) groups is 1. The fraction of sp³-hybridized carbons (Fsp3) is 0.342. The molecule has 4 aromatic heterocycles. The van der Waals surface area contributed by atoms with Gasteiger partial charge in [0.2, 0.25) is 11.2 Å². The van der Waals surface area contributed by atoms with E-state index in [1.165, 1.54) is 40.1 Å². The van der Waals surface area contributed by atoms with E-state index in [-0.39, 0.29) is 34.1 Å². The standard InChI is InChI=1S/C38H38N4O6S3/c43-29-10-7-24(27-8-11-33(44)40-34(27)29)12-13-39-20-23-6-9-28-30(18-23)51-37(46)42(28)15-3-14-41-21-25-19-26(22-41)35(25)48-36(45)38(47,31-4-1-16-49-31)32-5-2-17-50-32/h1-2,4-11,16-18,25-26,35,39,43,47H,3,12-15,19-22H2,(H,40,44). The molecule has 3 aliphatic rings. The number of rotatable bonds is 13. The highest BCUT2D eigenvalue weighted by Gasteiger charge is 2.52. The first-order valence-electron chi connectivity index (χ1n) is 17.2. The number of piperidine rings is 2. The van der Waals surface area contributed by atoms with Crippen LogP contribution in [0.2, 0.25) is 0 Å². The number of aryl methyl sites for hydroxylation is 1. The number of thiazole rings is 1. The molecule has 0 spiro atoms. The molecule has 1 aliphatic carbocycles. The minimum atomic E-state index is -1.78. The zero-order chi connectivity index (χ0) is 35.1. The molecule has 6 aromatic rings. The molecule has 2 aromatic carbocycles. The molecule has 1 saturated carbocycles. The van der Waals surface area contributed by atoms with E-state index in [1.54, 1.807) is 24.3 Å². The summed E-state index contributed by atoms with van der Waals surface area (Å²) in [6.07, 6.45) is 2.40. The van der Waals surface area contributed by atoms with Crippen molar-refractivity contribution in [3.8, 4) is 5.75 Å². The number of aromatic hydroxyl groups is 1. The van der Waals surface area contributed by atoms with Crippen molar-refractivity contribution >= 4 is 61.1 Å². The average molecular weight is 743 g/mol. The van der Waals surface area contributed by atoms with Gasteiger partial charge in [0.05, 0.1) is 25.5 Å².